The molecule has 0 atom stereocenters. The molecule has 0 aliphatic heterocycles. The van der Waals surface area contributed by atoms with Gasteiger partial charge in [0.25, 0.3) is 5.91 Å². The summed E-state index contributed by atoms with van der Waals surface area (Å²) >= 11 is 3.30. The Balaban J connectivity index is 2.79. The van der Waals surface area contributed by atoms with Crippen LogP contribution in [0.1, 0.15) is 36.5 Å². The third-order valence-corrected chi connectivity index (χ3v) is 3.10. The third kappa shape index (κ3) is 3.96. The minimum absolute atomic E-state index is 0.0761. The van der Waals surface area contributed by atoms with Crippen molar-refractivity contribution in [2.45, 2.75) is 26.2 Å². The molecule has 0 aliphatic rings. The van der Waals surface area contributed by atoms with Crippen molar-refractivity contribution in [1.82, 2.24) is 9.88 Å². The summed E-state index contributed by atoms with van der Waals surface area (Å²) in [6, 6.07) is 1.72. The molecule has 1 rings (SSSR count). The number of hydrogen-bond acceptors (Lipinski definition) is 4. The molecule has 0 saturated heterocycles. The molecule has 1 aromatic rings. The monoisotopic (exact) mass is 314 g/mol. The number of anilines is 1. The molecule has 0 fully saturated rings. The van der Waals surface area contributed by atoms with Gasteiger partial charge in [-0.1, -0.05) is 19.8 Å². The Morgan fingerprint density at radius 1 is 1.56 bits per heavy atom. The summed E-state index contributed by atoms with van der Waals surface area (Å²) in [5.74, 6) is 5.68. The quantitative estimate of drug-likeness (QED) is 0.480. The number of nitrogens with two attached hydrogens (primary N) is 1. The summed E-state index contributed by atoms with van der Waals surface area (Å²) < 4.78 is 0.756. The molecule has 0 spiro atoms. The van der Waals surface area contributed by atoms with Gasteiger partial charge in [-0.05, 0) is 28.4 Å². The van der Waals surface area contributed by atoms with E-state index in [4.69, 9.17) is 5.84 Å². The second-order valence-corrected chi connectivity index (χ2v) is 5.04. The highest BCUT2D eigenvalue weighted by Gasteiger charge is 2.16. The average molecular weight is 315 g/mol. The van der Waals surface area contributed by atoms with Crippen molar-refractivity contribution in [1.29, 1.82) is 0 Å². The second-order valence-electron chi connectivity index (χ2n) is 4.13. The van der Waals surface area contributed by atoms with Crippen molar-refractivity contribution >= 4 is 27.7 Å². The van der Waals surface area contributed by atoms with E-state index in [-0.39, 0.29) is 5.91 Å². The van der Waals surface area contributed by atoms with Gasteiger partial charge in [0.2, 0.25) is 0 Å². The van der Waals surface area contributed by atoms with Crippen molar-refractivity contribution in [3.05, 3.63) is 22.3 Å². The summed E-state index contributed by atoms with van der Waals surface area (Å²) in [6.45, 7) is 2.87. The van der Waals surface area contributed by atoms with Crippen LogP contribution in [0.5, 0.6) is 0 Å². The molecule has 0 aromatic carbocycles. The van der Waals surface area contributed by atoms with Gasteiger partial charge in [-0.2, -0.15) is 0 Å². The van der Waals surface area contributed by atoms with Crippen LogP contribution in [0, 0.1) is 0 Å². The van der Waals surface area contributed by atoms with Crippen LogP contribution < -0.4 is 11.3 Å². The fraction of sp³-hybridized carbons (Fsp3) is 0.500. The molecule has 0 bridgehead atoms. The Bertz CT molecular complexity index is 411. The molecule has 1 amide bonds. The summed E-state index contributed by atoms with van der Waals surface area (Å²) in [4.78, 5) is 18.0. The van der Waals surface area contributed by atoms with Gasteiger partial charge in [-0.3, -0.25) is 4.79 Å². The minimum atomic E-state index is -0.0761. The van der Waals surface area contributed by atoms with Crippen LogP contribution in [0.4, 0.5) is 5.82 Å². The van der Waals surface area contributed by atoms with Gasteiger partial charge in [0.05, 0.1) is 5.56 Å². The number of hydrogen-bond donors (Lipinski definition) is 2. The van der Waals surface area contributed by atoms with Gasteiger partial charge in [0.1, 0.15) is 0 Å². The number of rotatable bonds is 6. The number of amides is 1. The van der Waals surface area contributed by atoms with Crippen LogP contribution in [-0.4, -0.2) is 29.4 Å². The lowest BCUT2D eigenvalue weighted by molar-refractivity contribution is 0.0793. The number of nitrogens with one attached hydrogen (secondary N) is 1. The maximum Gasteiger partial charge on any atom is 0.257 e. The zero-order chi connectivity index (χ0) is 13.5. The van der Waals surface area contributed by atoms with E-state index in [0.717, 1.165) is 30.3 Å². The average Bonchev–Trinajstić information content (AvgIpc) is 2.38. The van der Waals surface area contributed by atoms with Crippen LogP contribution in [0.25, 0.3) is 0 Å². The molecule has 100 valence electrons. The Morgan fingerprint density at radius 3 is 2.89 bits per heavy atom. The molecule has 0 unspecified atom stereocenters. The SMILES string of the molecule is CCCCCN(C)C(=O)c1cc(Br)cnc1NN. The number of unbranched alkanes of at least 4 members (excludes halogenated alkanes) is 2. The number of halogens is 1. The van der Waals surface area contributed by atoms with E-state index in [0.29, 0.717) is 11.4 Å². The van der Waals surface area contributed by atoms with Crippen molar-refractivity contribution in [3.8, 4) is 0 Å². The largest absolute Gasteiger partial charge is 0.342 e. The van der Waals surface area contributed by atoms with E-state index in [2.05, 4.69) is 33.3 Å². The van der Waals surface area contributed by atoms with Crippen LogP contribution in [0.15, 0.2) is 16.7 Å². The molecule has 18 heavy (non-hydrogen) atoms. The number of nitrogens with zero attached hydrogens (tertiary/aromatic N) is 2. The highest BCUT2D eigenvalue weighted by Crippen LogP contribution is 2.18. The van der Waals surface area contributed by atoms with Gasteiger partial charge in [-0.25, -0.2) is 10.8 Å². The summed E-state index contributed by atoms with van der Waals surface area (Å²) in [7, 11) is 1.79. The van der Waals surface area contributed by atoms with Gasteiger partial charge < -0.3 is 10.3 Å². The molecule has 1 aromatic heterocycles. The fourth-order valence-corrected chi connectivity index (χ4v) is 1.95. The lowest BCUT2D eigenvalue weighted by atomic mass is 10.2. The lowest BCUT2D eigenvalue weighted by Gasteiger charge is -2.18. The number of hydrazine groups is 1. The van der Waals surface area contributed by atoms with E-state index in [1.165, 1.54) is 0 Å². The van der Waals surface area contributed by atoms with E-state index >= 15 is 0 Å². The predicted octanol–water partition coefficient (Wildman–Crippen LogP) is 2.39. The highest BCUT2D eigenvalue weighted by molar-refractivity contribution is 9.10. The van der Waals surface area contributed by atoms with Crippen molar-refractivity contribution < 1.29 is 4.79 Å². The molecular formula is C12H19BrN4O. The van der Waals surface area contributed by atoms with Crippen LogP contribution in [0.2, 0.25) is 0 Å². The molecule has 5 nitrogen and oxygen atoms in total. The first kappa shape index (κ1) is 14.9. The fourth-order valence-electron chi connectivity index (χ4n) is 1.62. The van der Waals surface area contributed by atoms with Crippen molar-refractivity contribution in [2.75, 3.05) is 19.0 Å². The number of carbonyl (C=O) groups excluding carboxylic acids is 1. The van der Waals surface area contributed by atoms with Crippen LogP contribution in [0.3, 0.4) is 0 Å². The van der Waals surface area contributed by atoms with E-state index in [1.54, 1.807) is 24.2 Å². The van der Waals surface area contributed by atoms with Gasteiger partial charge >= 0.3 is 0 Å². The first-order chi connectivity index (χ1) is 8.60. The number of nitrogen functional groups attached to an aromatic ring is 1. The van der Waals surface area contributed by atoms with E-state index < -0.39 is 0 Å². The normalized spacial score (nSPS) is 10.2. The van der Waals surface area contributed by atoms with E-state index in [9.17, 15) is 4.79 Å². The smallest absolute Gasteiger partial charge is 0.257 e. The first-order valence-corrected chi connectivity index (χ1v) is 6.77. The Morgan fingerprint density at radius 2 is 2.28 bits per heavy atom. The topological polar surface area (TPSA) is 71.2 Å². The zero-order valence-corrected chi connectivity index (χ0v) is 12.3. The first-order valence-electron chi connectivity index (χ1n) is 5.97. The Labute approximate surface area is 116 Å². The molecule has 0 saturated carbocycles. The van der Waals surface area contributed by atoms with Crippen LogP contribution in [-0.2, 0) is 0 Å². The Kier molecular flexibility index (Phi) is 6.07. The van der Waals surface area contributed by atoms with Crippen molar-refractivity contribution in [2.24, 2.45) is 5.84 Å². The third-order valence-electron chi connectivity index (χ3n) is 2.67. The highest BCUT2D eigenvalue weighted by atomic mass is 79.9. The predicted molar refractivity (Wildman–Crippen MR) is 76.2 cm³/mol. The Hall–Kier alpha value is -1.14. The van der Waals surface area contributed by atoms with Crippen molar-refractivity contribution in [3.63, 3.8) is 0 Å². The molecular weight excluding hydrogens is 296 g/mol. The minimum Gasteiger partial charge on any atom is -0.342 e. The molecule has 0 aliphatic carbocycles. The molecule has 3 N–H and O–H groups in total. The van der Waals surface area contributed by atoms with Gasteiger partial charge in [0.15, 0.2) is 5.82 Å². The lowest BCUT2D eigenvalue weighted by Crippen LogP contribution is -2.29. The van der Waals surface area contributed by atoms with Gasteiger partial charge in [0, 0.05) is 24.3 Å². The maximum absolute atomic E-state index is 12.2. The van der Waals surface area contributed by atoms with E-state index in [1.807, 2.05) is 0 Å². The van der Waals surface area contributed by atoms with Gasteiger partial charge in [-0.15, -0.1) is 0 Å². The number of carbonyl (C=O) groups is 1. The van der Waals surface area contributed by atoms with Crippen LogP contribution >= 0.6 is 15.9 Å². The summed E-state index contributed by atoms with van der Waals surface area (Å²) in [5, 5.41) is 0. The second kappa shape index (κ2) is 7.33. The number of pyridine rings is 1. The molecule has 1 heterocycles. The maximum atomic E-state index is 12.2. The summed E-state index contributed by atoms with van der Waals surface area (Å²) in [5.41, 5.74) is 2.92. The zero-order valence-electron chi connectivity index (χ0n) is 10.7. The molecule has 0 radical (unpaired) electrons. The summed E-state index contributed by atoms with van der Waals surface area (Å²) in [6.07, 6.45) is 4.86. The molecule has 6 heteroatoms. The standard InChI is InChI=1S/C12H19BrN4O/c1-3-4-5-6-17(2)12(18)10-7-9(13)8-15-11(10)16-14/h7-8H,3-6,14H2,1-2H3,(H,15,16). The number of aromatic nitrogens is 1.